The van der Waals surface area contributed by atoms with E-state index in [0.717, 1.165) is 18.5 Å². The summed E-state index contributed by atoms with van der Waals surface area (Å²) >= 11 is 3.74. The summed E-state index contributed by atoms with van der Waals surface area (Å²) in [5.74, 6) is 2.47. The molecule has 1 N–H and O–H groups in total. The Morgan fingerprint density at radius 3 is 2.73 bits per heavy atom. The van der Waals surface area contributed by atoms with Gasteiger partial charge in [0.25, 0.3) is 5.91 Å². The number of thioether (sulfide) groups is 1. The van der Waals surface area contributed by atoms with Crippen LogP contribution in [0.2, 0.25) is 0 Å². The predicted molar refractivity (Wildman–Crippen MR) is 95.1 cm³/mol. The zero-order valence-corrected chi connectivity index (χ0v) is 14.3. The lowest BCUT2D eigenvalue weighted by atomic mass is 10.1. The van der Waals surface area contributed by atoms with E-state index in [1.807, 2.05) is 11.8 Å². The summed E-state index contributed by atoms with van der Waals surface area (Å²) in [7, 11) is 0. The van der Waals surface area contributed by atoms with Gasteiger partial charge < -0.3 is 9.88 Å². The first kappa shape index (κ1) is 14.6. The molecule has 2 aliphatic rings. The van der Waals surface area contributed by atoms with Crippen LogP contribution >= 0.6 is 23.1 Å². The third-order valence-corrected chi connectivity index (χ3v) is 6.84. The van der Waals surface area contributed by atoms with Crippen LogP contribution in [0.3, 0.4) is 0 Å². The molecule has 3 heterocycles. The highest BCUT2D eigenvalue weighted by molar-refractivity contribution is 7.99. The molecule has 2 aromatic heterocycles. The van der Waals surface area contributed by atoms with E-state index in [2.05, 4.69) is 27.4 Å². The highest BCUT2D eigenvalue weighted by Gasteiger charge is 2.26. The molecule has 0 atom stereocenters. The molecule has 5 heteroatoms. The molecule has 3 nitrogen and oxygen atoms in total. The number of rotatable bonds is 3. The third kappa shape index (κ3) is 2.69. The number of amides is 1. The highest BCUT2D eigenvalue weighted by atomic mass is 32.2. The molecule has 0 spiro atoms. The van der Waals surface area contributed by atoms with Crippen LogP contribution in [-0.2, 0) is 0 Å². The Hall–Kier alpha value is -0.940. The first-order valence-corrected chi connectivity index (χ1v) is 10.3. The normalized spacial score (nSPS) is 20.7. The summed E-state index contributed by atoms with van der Waals surface area (Å²) in [5.41, 5.74) is 2.13. The van der Waals surface area contributed by atoms with Crippen molar-refractivity contribution < 1.29 is 4.79 Å². The van der Waals surface area contributed by atoms with Crippen molar-refractivity contribution in [2.45, 2.75) is 50.6 Å². The zero-order valence-electron chi connectivity index (χ0n) is 12.7. The van der Waals surface area contributed by atoms with Gasteiger partial charge in [0.2, 0.25) is 0 Å². The third-order valence-electron chi connectivity index (χ3n) is 4.94. The van der Waals surface area contributed by atoms with E-state index in [4.69, 9.17) is 0 Å². The number of hydrogen-bond donors (Lipinski definition) is 1. The van der Waals surface area contributed by atoms with Gasteiger partial charge >= 0.3 is 0 Å². The maximum Gasteiger partial charge on any atom is 0.268 e. The van der Waals surface area contributed by atoms with Crippen molar-refractivity contribution in [3.8, 4) is 0 Å². The van der Waals surface area contributed by atoms with Crippen molar-refractivity contribution in [3.05, 3.63) is 23.2 Å². The molecule has 1 saturated carbocycles. The lowest BCUT2D eigenvalue weighted by molar-refractivity contribution is 0.0924. The minimum atomic E-state index is 0.132. The highest BCUT2D eigenvalue weighted by Crippen LogP contribution is 2.36. The molecule has 0 unspecified atom stereocenters. The molecule has 4 rings (SSSR count). The van der Waals surface area contributed by atoms with Gasteiger partial charge in [0, 0.05) is 12.1 Å². The monoisotopic (exact) mass is 334 g/mol. The minimum absolute atomic E-state index is 0.132. The summed E-state index contributed by atoms with van der Waals surface area (Å²) in [6.45, 7) is 0. The standard InChI is InChI=1S/C17H22N2OS2/c20-17(18-12-5-8-21-9-6-12)15-11-16-14(7-10-22-16)19(15)13-3-1-2-4-13/h7,10-13H,1-6,8-9H2,(H,18,20). The van der Waals surface area contributed by atoms with Crippen LogP contribution in [0.4, 0.5) is 0 Å². The number of fused-ring (bicyclic) bond motifs is 1. The van der Waals surface area contributed by atoms with Crippen molar-refractivity contribution in [1.82, 2.24) is 9.88 Å². The summed E-state index contributed by atoms with van der Waals surface area (Å²) in [4.78, 5) is 12.8. The summed E-state index contributed by atoms with van der Waals surface area (Å²) in [6.07, 6.45) is 7.20. The van der Waals surface area contributed by atoms with E-state index in [0.29, 0.717) is 12.1 Å². The quantitative estimate of drug-likeness (QED) is 0.900. The molecule has 1 aliphatic heterocycles. The largest absolute Gasteiger partial charge is 0.348 e. The van der Waals surface area contributed by atoms with Gasteiger partial charge in [-0.1, -0.05) is 12.8 Å². The van der Waals surface area contributed by atoms with Crippen LogP contribution < -0.4 is 5.32 Å². The molecule has 118 valence electrons. The van der Waals surface area contributed by atoms with Gasteiger partial charge in [-0.3, -0.25) is 4.79 Å². The number of nitrogens with zero attached hydrogens (tertiary/aromatic N) is 1. The molecule has 1 aliphatic carbocycles. The van der Waals surface area contributed by atoms with Gasteiger partial charge in [-0.25, -0.2) is 0 Å². The number of hydrogen-bond acceptors (Lipinski definition) is 3. The smallest absolute Gasteiger partial charge is 0.268 e. The number of thiophene rings is 1. The Morgan fingerprint density at radius 1 is 1.18 bits per heavy atom. The van der Waals surface area contributed by atoms with Gasteiger partial charge in [-0.2, -0.15) is 11.8 Å². The molecule has 2 aromatic rings. The molecule has 1 amide bonds. The van der Waals surface area contributed by atoms with Gasteiger partial charge in [-0.15, -0.1) is 11.3 Å². The number of nitrogens with one attached hydrogen (secondary N) is 1. The Balaban J connectivity index is 1.63. The lowest BCUT2D eigenvalue weighted by Gasteiger charge is -2.24. The van der Waals surface area contributed by atoms with Crippen molar-refractivity contribution in [2.75, 3.05) is 11.5 Å². The molecule has 1 saturated heterocycles. The van der Waals surface area contributed by atoms with E-state index in [1.54, 1.807) is 11.3 Å². The maximum atomic E-state index is 12.8. The van der Waals surface area contributed by atoms with Crippen LogP contribution in [0.5, 0.6) is 0 Å². The van der Waals surface area contributed by atoms with E-state index >= 15 is 0 Å². The number of carbonyl (C=O) groups is 1. The van der Waals surface area contributed by atoms with Gasteiger partial charge in [0.1, 0.15) is 5.69 Å². The first-order chi connectivity index (χ1) is 10.8. The second-order valence-corrected chi connectivity index (χ2v) is 8.54. The second kappa shape index (κ2) is 6.28. The van der Waals surface area contributed by atoms with E-state index < -0.39 is 0 Å². The van der Waals surface area contributed by atoms with Crippen LogP contribution in [-0.4, -0.2) is 28.0 Å². The Bertz CT molecular complexity index is 663. The minimum Gasteiger partial charge on any atom is -0.348 e. The van der Waals surface area contributed by atoms with Gasteiger partial charge in [0.05, 0.1) is 10.2 Å². The molecule has 2 fully saturated rings. The fraction of sp³-hybridized carbons (Fsp3) is 0.588. The summed E-state index contributed by atoms with van der Waals surface area (Å²) in [5, 5.41) is 5.42. The van der Waals surface area contributed by atoms with Crippen molar-refractivity contribution in [2.24, 2.45) is 0 Å². The molecule has 0 aromatic carbocycles. The van der Waals surface area contributed by atoms with Crippen LogP contribution in [0, 0.1) is 0 Å². The Morgan fingerprint density at radius 2 is 1.95 bits per heavy atom. The van der Waals surface area contributed by atoms with Crippen molar-refractivity contribution >= 4 is 39.2 Å². The molecule has 0 bridgehead atoms. The predicted octanol–water partition coefficient (Wildman–Crippen LogP) is 4.44. The molecular weight excluding hydrogens is 312 g/mol. The average Bonchev–Trinajstić information content (AvgIpc) is 3.24. The van der Waals surface area contributed by atoms with Gasteiger partial charge in [0.15, 0.2) is 0 Å². The molecular formula is C17H22N2OS2. The maximum absolute atomic E-state index is 12.8. The SMILES string of the molecule is O=C(NC1CCSCC1)c1cc2sccc2n1C1CCCC1. The average molecular weight is 335 g/mol. The molecule has 22 heavy (non-hydrogen) atoms. The van der Waals surface area contributed by atoms with Crippen LogP contribution in [0.1, 0.15) is 55.1 Å². The number of aromatic nitrogens is 1. The first-order valence-electron chi connectivity index (χ1n) is 8.30. The van der Waals surface area contributed by atoms with Crippen molar-refractivity contribution in [1.29, 1.82) is 0 Å². The lowest BCUT2D eigenvalue weighted by Crippen LogP contribution is -2.38. The summed E-state index contributed by atoms with van der Waals surface area (Å²) in [6, 6.07) is 5.14. The van der Waals surface area contributed by atoms with E-state index in [1.165, 1.54) is 47.4 Å². The van der Waals surface area contributed by atoms with Crippen molar-refractivity contribution in [3.63, 3.8) is 0 Å². The number of carbonyl (C=O) groups excluding carboxylic acids is 1. The second-order valence-electron chi connectivity index (χ2n) is 6.37. The van der Waals surface area contributed by atoms with E-state index in [9.17, 15) is 4.79 Å². The fourth-order valence-corrected chi connectivity index (χ4v) is 5.69. The van der Waals surface area contributed by atoms with Gasteiger partial charge in [-0.05, 0) is 54.7 Å². The topological polar surface area (TPSA) is 34.0 Å². The van der Waals surface area contributed by atoms with Crippen LogP contribution in [0.15, 0.2) is 17.5 Å². The zero-order chi connectivity index (χ0) is 14.9. The van der Waals surface area contributed by atoms with E-state index in [-0.39, 0.29) is 5.91 Å². The Labute approximate surface area is 139 Å². The fourth-order valence-electron chi connectivity index (χ4n) is 3.78. The van der Waals surface area contributed by atoms with Crippen LogP contribution in [0.25, 0.3) is 10.2 Å². The molecule has 0 radical (unpaired) electrons. The summed E-state index contributed by atoms with van der Waals surface area (Å²) < 4.78 is 3.57. The Kier molecular flexibility index (Phi) is 4.18.